The number of alkyl halides is 3. The Kier molecular flexibility index (Phi) is 2.04. The van der Waals surface area contributed by atoms with Gasteiger partial charge < -0.3 is 0 Å². The molecule has 0 aliphatic heterocycles. The summed E-state index contributed by atoms with van der Waals surface area (Å²) in [4.78, 5) is 3.04. The summed E-state index contributed by atoms with van der Waals surface area (Å²) in [5.74, 6) is 0. The van der Waals surface area contributed by atoms with Crippen LogP contribution in [-0.2, 0) is 6.18 Å². The molecule has 0 bridgehead atoms. The fourth-order valence-corrected chi connectivity index (χ4v) is 0.770. The molecule has 0 atom stereocenters. The molecule has 0 amide bonds. The lowest BCUT2D eigenvalue weighted by Gasteiger charge is -2.05. The maximum absolute atomic E-state index is 11.9. The van der Waals surface area contributed by atoms with Gasteiger partial charge in [-0.25, -0.2) is 4.98 Å². The fraction of sp³-hybridized carbons (Fsp3) is 0.167. The highest BCUT2D eigenvalue weighted by atomic mass is 35.5. The van der Waals surface area contributed by atoms with Gasteiger partial charge in [-0.05, 0) is 6.07 Å². The zero-order valence-electron chi connectivity index (χ0n) is 5.11. The smallest absolute Gasteiger partial charge is 0.250 e. The molecule has 0 saturated heterocycles. The van der Waals surface area contributed by atoms with Gasteiger partial charge in [0.25, 0.3) is 0 Å². The van der Waals surface area contributed by atoms with Crippen molar-refractivity contribution in [3.8, 4) is 0 Å². The van der Waals surface area contributed by atoms with E-state index in [9.17, 15) is 13.2 Å². The lowest BCUT2D eigenvalue weighted by molar-refractivity contribution is -0.141. The van der Waals surface area contributed by atoms with Crippen molar-refractivity contribution in [2.75, 3.05) is 0 Å². The van der Waals surface area contributed by atoms with Crippen molar-refractivity contribution in [3.63, 3.8) is 0 Å². The maximum atomic E-state index is 11.9. The summed E-state index contributed by atoms with van der Waals surface area (Å²) in [6.07, 6.45) is -3.55. The summed E-state index contributed by atoms with van der Waals surface area (Å²) in [7, 11) is 0. The number of hydrogen-bond donors (Lipinski definition) is 0. The van der Waals surface area contributed by atoms with Gasteiger partial charge in [0.15, 0.2) is 5.69 Å². The molecule has 1 radical (unpaired) electrons. The fourth-order valence-electron chi connectivity index (χ4n) is 0.551. The van der Waals surface area contributed by atoms with Crippen molar-refractivity contribution >= 4 is 11.6 Å². The van der Waals surface area contributed by atoms with Gasteiger partial charge in [0.05, 0.1) is 5.02 Å². The molecule has 0 aromatic carbocycles. The van der Waals surface area contributed by atoms with Crippen LogP contribution >= 0.6 is 11.6 Å². The summed E-state index contributed by atoms with van der Waals surface area (Å²) in [5, 5.41) is -0.431. The molecule has 5 heteroatoms. The van der Waals surface area contributed by atoms with Gasteiger partial charge in [0.1, 0.15) is 0 Å². The van der Waals surface area contributed by atoms with Crippen LogP contribution in [0.2, 0.25) is 5.02 Å². The molecule has 1 nitrogen and oxygen atoms in total. The van der Waals surface area contributed by atoms with Crippen LogP contribution in [-0.4, -0.2) is 4.98 Å². The maximum Gasteiger partial charge on any atom is 0.434 e. The van der Waals surface area contributed by atoms with Crippen molar-refractivity contribution in [3.05, 3.63) is 29.0 Å². The molecule has 0 fully saturated rings. The zero-order chi connectivity index (χ0) is 8.48. The Morgan fingerprint density at radius 3 is 2.45 bits per heavy atom. The minimum atomic E-state index is -4.48. The van der Waals surface area contributed by atoms with Crippen molar-refractivity contribution < 1.29 is 13.2 Å². The predicted molar refractivity (Wildman–Crippen MR) is 33.1 cm³/mol. The lowest BCUT2D eigenvalue weighted by atomic mass is 10.3. The van der Waals surface area contributed by atoms with E-state index in [-0.39, 0.29) is 0 Å². The number of hydrogen-bond acceptors (Lipinski definition) is 1. The van der Waals surface area contributed by atoms with E-state index < -0.39 is 16.9 Å². The van der Waals surface area contributed by atoms with Gasteiger partial charge in [-0.1, -0.05) is 11.6 Å². The van der Waals surface area contributed by atoms with E-state index in [2.05, 4.69) is 11.1 Å². The first-order chi connectivity index (χ1) is 5.02. The number of aromatic nitrogens is 1. The zero-order valence-corrected chi connectivity index (χ0v) is 5.87. The Balaban J connectivity index is 3.14. The Bertz CT molecular complexity index is 258. The van der Waals surface area contributed by atoms with Gasteiger partial charge in [0, 0.05) is 12.3 Å². The Morgan fingerprint density at radius 1 is 1.45 bits per heavy atom. The molecule has 1 aromatic heterocycles. The average molecular weight is 181 g/mol. The molecule has 0 N–H and O–H groups in total. The highest BCUT2D eigenvalue weighted by molar-refractivity contribution is 6.31. The summed E-state index contributed by atoms with van der Waals surface area (Å²) in [6.45, 7) is 0. The van der Waals surface area contributed by atoms with Crippen LogP contribution in [0, 0.1) is 6.07 Å². The molecular formula is C6H2ClF3N. The first-order valence-electron chi connectivity index (χ1n) is 2.60. The third-order valence-corrected chi connectivity index (χ3v) is 1.26. The first-order valence-corrected chi connectivity index (χ1v) is 2.98. The molecule has 11 heavy (non-hydrogen) atoms. The second kappa shape index (κ2) is 2.70. The minimum absolute atomic E-state index is 0.431. The molecule has 0 aliphatic rings. The van der Waals surface area contributed by atoms with Crippen LogP contribution in [0.25, 0.3) is 0 Å². The van der Waals surface area contributed by atoms with Crippen molar-refractivity contribution in [1.82, 2.24) is 4.98 Å². The van der Waals surface area contributed by atoms with E-state index in [1.165, 1.54) is 0 Å². The van der Waals surface area contributed by atoms with E-state index in [4.69, 9.17) is 11.6 Å². The second-order valence-corrected chi connectivity index (χ2v) is 2.17. The van der Waals surface area contributed by atoms with Crippen molar-refractivity contribution in [1.29, 1.82) is 0 Å². The van der Waals surface area contributed by atoms with Crippen molar-refractivity contribution in [2.45, 2.75) is 6.18 Å². The van der Waals surface area contributed by atoms with Crippen LogP contribution < -0.4 is 0 Å². The van der Waals surface area contributed by atoms with Gasteiger partial charge >= 0.3 is 6.18 Å². The van der Waals surface area contributed by atoms with Crippen LogP contribution in [0.15, 0.2) is 12.3 Å². The van der Waals surface area contributed by atoms with Gasteiger partial charge in [-0.2, -0.15) is 13.2 Å². The van der Waals surface area contributed by atoms with Gasteiger partial charge in [-0.15, -0.1) is 0 Å². The Morgan fingerprint density at radius 2 is 2.09 bits per heavy atom. The van der Waals surface area contributed by atoms with Gasteiger partial charge in [-0.3, -0.25) is 0 Å². The lowest BCUT2D eigenvalue weighted by Crippen LogP contribution is -2.08. The molecule has 0 aliphatic carbocycles. The number of nitrogens with zero attached hydrogens (tertiary/aromatic N) is 1. The van der Waals surface area contributed by atoms with Crippen LogP contribution in [0.4, 0.5) is 13.2 Å². The van der Waals surface area contributed by atoms with Crippen LogP contribution in [0.3, 0.4) is 0 Å². The molecule has 1 aromatic rings. The SMILES string of the molecule is FC(F)(F)c1nc[c]cc1Cl. The Hall–Kier alpha value is -0.770. The third-order valence-electron chi connectivity index (χ3n) is 0.973. The molecule has 59 valence electrons. The minimum Gasteiger partial charge on any atom is -0.250 e. The number of pyridine rings is 1. The molecule has 0 unspecified atom stereocenters. The standard InChI is InChI=1S/C6H2ClF3N/c7-4-2-1-3-11-5(4)6(8,9)10/h2-3H. The molecule has 1 rings (SSSR count). The van der Waals surface area contributed by atoms with E-state index in [0.717, 1.165) is 12.3 Å². The Labute approximate surface area is 65.8 Å². The molecule has 1 heterocycles. The highest BCUT2D eigenvalue weighted by Gasteiger charge is 2.34. The normalized spacial score (nSPS) is 11.6. The summed E-state index contributed by atoms with van der Waals surface area (Å²) in [6, 6.07) is 3.36. The van der Waals surface area contributed by atoms with Crippen LogP contribution in [0.5, 0.6) is 0 Å². The summed E-state index contributed by atoms with van der Waals surface area (Å²) in [5.41, 5.74) is -1.07. The van der Waals surface area contributed by atoms with Gasteiger partial charge in [0.2, 0.25) is 0 Å². The second-order valence-electron chi connectivity index (χ2n) is 1.76. The predicted octanol–water partition coefficient (Wildman–Crippen LogP) is 2.55. The monoisotopic (exact) mass is 180 g/mol. The summed E-state index contributed by atoms with van der Waals surface area (Å²) < 4.78 is 35.7. The quantitative estimate of drug-likeness (QED) is 0.598. The van der Waals surface area contributed by atoms with Crippen LogP contribution in [0.1, 0.15) is 5.69 Å². The molecular weight excluding hydrogens is 179 g/mol. The first kappa shape index (κ1) is 8.33. The molecule has 0 spiro atoms. The molecule has 0 saturated carbocycles. The van der Waals surface area contributed by atoms with E-state index in [1.807, 2.05) is 0 Å². The largest absolute Gasteiger partial charge is 0.434 e. The topological polar surface area (TPSA) is 12.9 Å². The highest BCUT2D eigenvalue weighted by Crippen LogP contribution is 2.31. The van der Waals surface area contributed by atoms with E-state index >= 15 is 0 Å². The van der Waals surface area contributed by atoms with Crippen molar-refractivity contribution in [2.24, 2.45) is 0 Å². The van der Waals surface area contributed by atoms with E-state index in [0.29, 0.717) is 0 Å². The number of rotatable bonds is 0. The number of halogens is 4. The summed E-state index contributed by atoms with van der Waals surface area (Å²) >= 11 is 5.20. The average Bonchev–Trinajstić information content (AvgIpc) is 1.86. The third kappa shape index (κ3) is 1.83. The van der Waals surface area contributed by atoms with E-state index in [1.54, 1.807) is 0 Å².